The van der Waals surface area contributed by atoms with Gasteiger partial charge in [-0.25, -0.2) is 4.79 Å². The number of amides is 1. The van der Waals surface area contributed by atoms with Crippen molar-refractivity contribution in [3.63, 3.8) is 0 Å². The minimum atomic E-state index is -4.64. The first-order valence-corrected chi connectivity index (χ1v) is 12.3. The van der Waals surface area contributed by atoms with Gasteiger partial charge in [-0.2, -0.15) is 13.2 Å². The number of rotatable bonds is 6. The highest BCUT2D eigenvalue weighted by atomic mass is 32.1. The van der Waals surface area contributed by atoms with E-state index in [-0.39, 0.29) is 35.1 Å². The summed E-state index contributed by atoms with van der Waals surface area (Å²) in [6, 6.07) is 24.4. The van der Waals surface area contributed by atoms with Crippen LogP contribution in [0.3, 0.4) is 0 Å². The van der Waals surface area contributed by atoms with Crippen molar-refractivity contribution in [2.75, 3.05) is 6.61 Å². The van der Waals surface area contributed by atoms with E-state index in [1.807, 2.05) is 48.5 Å². The highest BCUT2D eigenvalue weighted by Crippen LogP contribution is 2.45. The maximum absolute atomic E-state index is 13.6. The highest BCUT2D eigenvalue weighted by Gasteiger charge is 2.35. The van der Waals surface area contributed by atoms with Gasteiger partial charge in [0.25, 0.3) is 0 Å². The summed E-state index contributed by atoms with van der Waals surface area (Å²) >= 11 is 4.19. The number of carbonyl (C=O) groups excluding carboxylic acids is 2. The molecule has 1 aliphatic carbocycles. The van der Waals surface area contributed by atoms with Crippen LogP contribution in [-0.4, -0.2) is 19.0 Å². The zero-order valence-electron chi connectivity index (χ0n) is 20.0. The number of benzene rings is 4. The second-order valence-electron chi connectivity index (χ2n) is 8.88. The van der Waals surface area contributed by atoms with Crippen LogP contribution < -0.4 is 5.32 Å². The Balaban J connectivity index is 1.37. The Labute approximate surface area is 222 Å². The van der Waals surface area contributed by atoms with Crippen LogP contribution in [0.25, 0.3) is 22.3 Å². The number of carbonyl (C=O) groups is 2. The van der Waals surface area contributed by atoms with Crippen molar-refractivity contribution in [2.24, 2.45) is 0 Å². The number of nitrogens with one attached hydrogen (secondary N) is 1. The van der Waals surface area contributed by atoms with E-state index in [0.29, 0.717) is 17.4 Å². The van der Waals surface area contributed by atoms with E-state index < -0.39 is 17.8 Å². The molecule has 0 aromatic heterocycles. The number of ether oxygens (including phenoxy) is 1. The molecule has 1 aliphatic rings. The van der Waals surface area contributed by atoms with Gasteiger partial charge < -0.3 is 10.1 Å². The summed E-state index contributed by atoms with van der Waals surface area (Å²) in [5, 5.41) is 2.64. The van der Waals surface area contributed by atoms with Gasteiger partial charge in [0, 0.05) is 28.5 Å². The molecule has 4 nitrogen and oxygen atoms in total. The standard InChI is InChI=1S/C30H22F3NO3S/c31-30(32,33)26-14-13-18(27(28(26)38)20-8-2-1-7-19(20)16-35)15-34-29(36)37-17-25-23-11-5-3-9-21(23)22-10-4-6-12-24(22)25/h1-14,16,25,38H,15,17H2,(H,34,36). The monoisotopic (exact) mass is 533 g/mol. The second kappa shape index (κ2) is 10.4. The number of alkyl halides is 3. The molecular formula is C30H22F3NO3S. The van der Waals surface area contributed by atoms with Crippen LogP contribution in [0.5, 0.6) is 0 Å². The quantitative estimate of drug-likeness (QED) is 0.199. The molecule has 0 bridgehead atoms. The van der Waals surface area contributed by atoms with Crippen molar-refractivity contribution in [3.05, 3.63) is 113 Å². The first kappa shape index (κ1) is 25.6. The molecule has 4 aromatic carbocycles. The number of thiol groups is 1. The minimum Gasteiger partial charge on any atom is -0.449 e. The van der Waals surface area contributed by atoms with Gasteiger partial charge in [-0.15, -0.1) is 12.6 Å². The largest absolute Gasteiger partial charge is 0.449 e. The fraction of sp³-hybridized carbons (Fsp3) is 0.133. The summed E-state index contributed by atoms with van der Waals surface area (Å²) < 4.78 is 46.4. The number of hydrogen-bond acceptors (Lipinski definition) is 4. The number of halogens is 3. The predicted molar refractivity (Wildman–Crippen MR) is 141 cm³/mol. The summed E-state index contributed by atoms with van der Waals surface area (Å²) in [7, 11) is 0. The van der Waals surface area contributed by atoms with Crippen LogP contribution in [0.2, 0.25) is 0 Å². The molecule has 0 heterocycles. The van der Waals surface area contributed by atoms with Crippen molar-refractivity contribution in [3.8, 4) is 22.3 Å². The number of alkyl carbamates (subject to hydrolysis) is 1. The Morgan fingerprint density at radius 2 is 1.45 bits per heavy atom. The van der Waals surface area contributed by atoms with Crippen LogP contribution in [0.1, 0.15) is 38.5 Å². The van der Waals surface area contributed by atoms with Gasteiger partial charge in [0.15, 0.2) is 6.29 Å². The van der Waals surface area contributed by atoms with Crippen LogP contribution in [0.4, 0.5) is 18.0 Å². The molecule has 1 amide bonds. The maximum Gasteiger partial charge on any atom is 0.417 e. The normalized spacial score (nSPS) is 12.5. The molecule has 0 saturated carbocycles. The molecule has 0 atom stereocenters. The topological polar surface area (TPSA) is 55.4 Å². The van der Waals surface area contributed by atoms with Crippen LogP contribution >= 0.6 is 12.6 Å². The molecule has 192 valence electrons. The molecule has 0 spiro atoms. The van der Waals surface area contributed by atoms with Gasteiger partial charge in [0.2, 0.25) is 0 Å². The summed E-state index contributed by atoms with van der Waals surface area (Å²) in [5.41, 5.74) is 4.40. The Morgan fingerprint density at radius 1 is 0.868 bits per heavy atom. The number of aldehydes is 1. The van der Waals surface area contributed by atoms with E-state index in [1.54, 1.807) is 18.2 Å². The lowest BCUT2D eigenvalue weighted by Gasteiger charge is -2.19. The average molecular weight is 534 g/mol. The third-order valence-electron chi connectivity index (χ3n) is 6.69. The fourth-order valence-corrected chi connectivity index (χ4v) is 5.42. The lowest BCUT2D eigenvalue weighted by molar-refractivity contribution is -0.139. The van der Waals surface area contributed by atoms with E-state index >= 15 is 0 Å². The fourth-order valence-electron chi connectivity index (χ4n) is 4.95. The first-order valence-electron chi connectivity index (χ1n) is 11.8. The second-order valence-corrected chi connectivity index (χ2v) is 9.33. The van der Waals surface area contributed by atoms with E-state index in [2.05, 4.69) is 17.9 Å². The average Bonchev–Trinajstić information content (AvgIpc) is 3.23. The van der Waals surface area contributed by atoms with Gasteiger partial charge in [-0.05, 0) is 39.4 Å². The highest BCUT2D eigenvalue weighted by molar-refractivity contribution is 7.80. The smallest absolute Gasteiger partial charge is 0.417 e. The van der Waals surface area contributed by atoms with Gasteiger partial charge in [-0.3, -0.25) is 4.79 Å². The van der Waals surface area contributed by atoms with Gasteiger partial charge in [-0.1, -0.05) is 78.9 Å². The Kier molecular flexibility index (Phi) is 6.99. The van der Waals surface area contributed by atoms with Crippen molar-refractivity contribution < 1.29 is 27.5 Å². The summed E-state index contributed by atoms with van der Waals surface area (Å²) in [5.74, 6) is -0.127. The molecule has 5 rings (SSSR count). The summed E-state index contributed by atoms with van der Waals surface area (Å²) in [6.07, 6.45) is -4.77. The van der Waals surface area contributed by atoms with E-state index in [0.717, 1.165) is 28.3 Å². The molecule has 8 heteroatoms. The third kappa shape index (κ3) is 4.79. The van der Waals surface area contributed by atoms with Crippen molar-refractivity contribution >= 4 is 25.0 Å². The first-order chi connectivity index (χ1) is 18.3. The zero-order valence-corrected chi connectivity index (χ0v) is 20.9. The zero-order chi connectivity index (χ0) is 26.9. The van der Waals surface area contributed by atoms with Crippen LogP contribution in [0.15, 0.2) is 89.8 Å². The van der Waals surface area contributed by atoms with Crippen LogP contribution in [-0.2, 0) is 17.5 Å². The molecule has 0 saturated heterocycles. The lowest BCUT2D eigenvalue weighted by Crippen LogP contribution is -2.26. The van der Waals surface area contributed by atoms with E-state index in [9.17, 15) is 22.8 Å². The molecule has 0 fully saturated rings. The molecule has 0 unspecified atom stereocenters. The van der Waals surface area contributed by atoms with Crippen molar-refractivity contribution in [2.45, 2.75) is 23.5 Å². The van der Waals surface area contributed by atoms with Gasteiger partial charge >= 0.3 is 12.3 Å². The maximum atomic E-state index is 13.6. The molecule has 0 radical (unpaired) electrons. The number of hydrogen-bond donors (Lipinski definition) is 2. The van der Waals surface area contributed by atoms with Crippen molar-refractivity contribution in [1.82, 2.24) is 5.32 Å². The minimum absolute atomic E-state index is 0.103. The Morgan fingerprint density at radius 3 is 2.05 bits per heavy atom. The predicted octanol–water partition coefficient (Wildman–Crippen LogP) is 7.51. The lowest BCUT2D eigenvalue weighted by atomic mass is 9.93. The third-order valence-corrected chi connectivity index (χ3v) is 7.16. The van der Waals surface area contributed by atoms with Gasteiger partial charge in [0.1, 0.15) is 6.61 Å². The Hall–Kier alpha value is -4.04. The molecule has 4 aromatic rings. The van der Waals surface area contributed by atoms with Crippen molar-refractivity contribution in [1.29, 1.82) is 0 Å². The number of fused-ring (bicyclic) bond motifs is 3. The summed E-state index contributed by atoms with van der Waals surface area (Å²) in [6.45, 7) is -0.0174. The Bertz CT molecular complexity index is 1490. The van der Waals surface area contributed by atoms with Crippen LogP contribution in [0, 0.1) is 0 Å². The molecular weight excluding hydrogens is 511 g/mol. The summed E-state index contributed by atoms with van der Waals surface area (Å²) in [4.78, 5) is 24.0. The SMILES string of the molecule is O=Cc1ccccc1-c1c(CNC(=O)OCC2c3ccccc3-c3ccccc32)ccc(C(F)(F)F)c1S. The molecule has 38 heavy (non-hydrogen) atoms. The molecule has 1 N–H and O–H groups in total. The van der Waals surface area contributed by atoms with E-state index in [1.165, 1.54) is 12.1 Å². The molecule has 0 aliphatic heterocycles. The van der Waals surface area contributed by atoms with Gasteiger partial charge in [0.05, 0.1) is 5.56 Å². The van der Waals surface area contributed by atoms with E-state index in [4.69, 9.17) is 4.74 Å².